The first-order valence-electron chi connectivity index (χ1n) is 21.6. The summed E-state index contributed by atoms with van der Waals surface area (Å²) < 4.78 is 22.7. The second kappa shape index (κ2) is 34.9. The molecule has 1 heterocycles. The number of hydrogen-bond donors (Lipinski definition) is 4. The van der Waals surface area contributed by atoms with Crippen molar-refractivity contribution in [3.8, 4) is 0 Å². The van der Waals surface area contributed by atoms with E-state index < -0.39 is 43.4 Å². The molecule has 0 amide bonds. The Bertz CT molecular complexity index is 752. The van der Waals surface area contributed by atoms with E-state index in [1.54, 1.807) is 0 Å². The van der Waals surface area contributed by atoms with Gasteiger partial charge in [-0.25, -0.2) is 0 Å². The Labute approximate surface area is 312 Å². The molecule has 4 N–H and O–H groups in total. The molecule has 1 aliphatic rings. The van der Waals surface area contributed by atoms with Gasteiger partial charge in [0.2, 0.25) is 0 Å². The molecule has 0 spiro atoms. The Kier molecular flexibility index (Phi) is 33.0. The van der Waals surface area contributed by atoms with E-state index in [9.17, 15) is 25.2 Å². The number of aliphatic hydroxyl groups excluding tert-OH is 4. The number of carbonyl (C=O) groups is 1. The summed E-state index contributed by atoms with van der Waals surface area (Å²) in [7, 11) is 0. The zero-order chi connectivity index (χ0) is 37.2. The van der Waals surface area contributed by atoms with Gasteiger partial charge in [-0.3, -0.25) is 4.79 Å². The molecule has 6 unspecified atom stereocenters. The first-order valence-corrected chi connectivity index (χ1v) is 21.6. The van der Waals surface area contributed by atoms with Crippen molar-refractivity contribution in [3.05, 3.63) is 0 Å². The van der Waals surface area contributed by atoms with Crippen LogP contribution in [0.4, 0.5) is 0 Å². The summed E-state index contributed by atoms with van der Waals surface area (Å²) in [5.74, 6) is -0.310. The van der Waals surface area contributed by atoms with Crippen LogP contribution >= 0.6 is 0 Å². The van der Waals surface area contributed by atoms with Gasteiger partial charge in [0.15, 0.2) is 6.29 Å². The summed E-state index contributed by atoms with van der Waals surface area (Å²) >= 11 is 0. The van der Waals surface area contributed by atoms with Crippen LogP contribution in [0, 0.1) is 0 Å². The predicted octanol–water partition coefficient (Wildman–Crippen LogP) is 9.08. The maximum atomic E-state index is 12.7. The zero-order valence-electron chi connectivity index (χ0n) is 33.1. The third-order valence-corrected chi connectivity index (χ3v) is 10.3. The van der Waals surface area contributed by atoms with Crippen molar-refractivity contribution in [1.29, 1.82) is 0 Å². The Balaban J connectivity index is 2.19. The minimum absolute atomic E-state index is 0.106. The first kappa shape index (κ1) is 48.2. The van der Waals surface area contributed by atoms with Gasteiger partial charge in [0.25, 0.3) is 0 Å². The van der Waals surface area contributed by atoms with E-state index in [4.69, 9.17) is 18.9 Å². The molecule has 1 saturated heterocycles. The Morgan fingerprint density at radius 1 is 0.549 bits per heavy atom. The highest BCUT2D eigenvalue weighted by atomic mass is 16.7. The highest BCUT2D eigenvalue weighted by molar-refractivity contribution is 5.69. The fourth-order valence-corrected chi connectivity index (χ4v) is 6.85. The fourth-order valence-electron chi connectivity index (χ4n) is 6.85. The quantitative estimate of drug-likeness (QED) is 0.0365. The molecular formula is C42H82O9. The third kappa shape index (κ3) is 26.6. The average Bonchev–Trinajstić information content (AvgIpc) is 3.13. The van der Waals surface area contributed by atoms with Crippen LogP contribution in [0.2, 0.25) is 0 Å². The van der Waals surface area contributed by atoms with E-state index in [-0.39, 0.29) is 19.2 Å². The van der Waals surface area contributed by atoms with Crippen molar-refractivity contribution >= 4 is 5.97 Å². The van der Waals surface area contributed by atoms with Gasteiger partial charge in [-0.2, -0.15) is 0 Å². The van der Waals surface area contributed by atoms with Crippen LogP contribution in [0.5, 0.6) is 0 Å². The van der Waals surface area contributed by atoms with Gasteiger partial charge >= 0.3 is 5.97 Å². The molecule has 9 heteroatoms. The molecule has 1 aliphatic heterocycles. The van der Waals surface area contributed by atoms with E-state index in [1.165, 1.54) is 148 Å². The molecule has 51 heavy (non-hydrogen) atoms. The van der Waals surface area contributed by atoms with Crippen molar-refractivity contribution in [1.82, 2.24) is 0 Å². The summed E-state index contributed by atoms with van der Waals surface area (Å²) in [6.45, 7) is 4.57. The number of unbranched alkanes of at least 4 members (excludes halogenated alkanes) is 26. The van der Waals surface area contributed by atoms with Crippen molar-refractivity contribution in [2.24, 2.45) is 0 Å². The molecule has 0 aliphatic carbocycles. The monoisotopic (exact) mass is 731 g/mol. The minimum Gasteiger partial charge on any atom is -0.457 e. The lowest BCUT2D eigenvalue weighted by Gasteiger charge is -2.39. The lowest BCUT2D eigenvalue weighted by molar-refractivity contribution is -0.305. The van der Waals surface area contributed by atoms with Gasteiger partial charge in [-0.05, 0) is 12.8 Å². The van der Waals surface area contributed by atoms with E-state index in [0.717, 1.165) is 32.1 Å². The van der Waals surface area contributed by atoms with Gasteiger partial charge < -0.3 is 39.4 Å². The molecule has 0 aromatic rings. The van der Waals surface area contributed by atoms with E-state index >= 15 is 0 Å². The molecule has 6 atom stereocenters. The maximum Gasteiger partial charge on any atom is 0.306 e. The third-order valence-electron chi connectivity index (χ3n) is 10.3. The highest BCUT2D eigenvalue weighted by Crippen LogP contribution is 2.23. The van der Waals surface area contributed by atoms with Gasteiger partial charge in [0.1, 0.15) is 30.5 Å². The molecular weight excluding hydrogens is 648 g/mol. The lowest BCUT2D eigenvalue weighted by Crippen LogP contribution is -2.59. The Hall–Kier alpha value is -0.810. The van der Waals surface area contributed by atoms with Crippen LogP contribution in [0.15, 0.2) is 0 Å². The number of hydrogen-bond acceptors (Lipinski definition) is 9. The second-order valence-corrected chi connectivity index (χ2v) is 15.2. The normalized spacial score (nSPS) is 21.3. The van der Waals surface area contributed by atoms with Crippen LogP contribution < -0.4 is 0 Å². The van der Waals surface area contributed by atoms with Crippen LogP contribution in [-0.2, 0) is 23.7 Å². The average molecular weight is 731 g/mol. The lowest BCUT2D eigenvalue weighted by atomic mass is 9.99. The van der Waals surface area contributed by atoms with Gasteiger partial charge in [-0.15, -0.1) is 0 Å². The summed E-state index contributed by atoms with van der Waals surface area (Å²) in [5.41, 5.74) is 0. The topological polar surface area (TPSA) is 135 Å². The van der Waals surface area contributed by atoms with E-state index in [0.29, 0.717) is 13.0 Å². The molecule has 1 fully saturated rings. The van der Waals surface area contributed by atoms with Crippen LogP contribution in [-0.4, -0.2) is 89.6 Å². The van der Waals surface area contributed by atoms with E-state index in [2.05, 4.69) is 13.8 Å². The fraction of sp³-hybridized carbons (Fsp3) is 0.976. The van der Waals surface area contributed by atoms with E-state index in [1.807, 2.05) is 0 Å². The summed E-state index contributed by atoms with van der Waals surface area (Å²) in [6, 6.07) is 0. The van der Waals surface area contributed by atoms with Crippen molar-refractivity contribution < 1.29 is 44.2 Å². The molecule has 304 valence electrons. The van der Waals surface area contributed by atoms with Gasteiger partial charge in [0.05, 0.1) is 19.8 Å². The van der Waals surface area contributed by atoms with Crippen LogP contribution in [0.25, 0.3) is 0 Å². The molecule has 9 nitrogen and oxygen atoms in total. The number of carbonyl (C=O) groups excluding carboxylic acids is 1. The zero-order valence-corrected chi connectivity index (χ0v) is 33.1. The number of aliphatic hydroxyl groups is 4. The maximum absolute atomic E-state index is 12.7. The number of rotatable bonds is 37. The predicted molar refractivity (Wildman–Crippen MR) is 206 cm³/mol. The molecule has 0 bridgehead atoms. The summed E-state index contributed by atoms with van der Waals surface area (Å²) in [4.78, 5) is 12.7. The SMILES string of the molecule is CCCCCCCCCCCCCCCCCCCCCCC(=O)OC(COCCCCCCCCCC)COC1OC(CO)C(O)C(O)C1O. The van der Waals surface area contributed by atoms with Crippen molar-refractivity contribution in [3.63, 3.8) is 0 Å². The minimum atomic E-state index is -1.53. The van der Waals surface area contributed by atoms with Crippen LogP contribution in [0.1, 0.15) is 200 Å². The smallest absolute Gasteiger partial charge is 0.306 e. The Morgan fingerprint density at radius 3 is 1.39 bits per heavy atom. The van der Waals surface area contributed by atoms with Crippen molar-refractivity contribution in [2.75, 3.05) is 26.4 Å². The van der Waals surface area contributed by atoms with Crippen LogP contribution in [0.3, 0.4) is 0 Å². The molecule has 0 aromatic carbocycles. The second-order valence-electron chi connectivity index (χ2n) is 15.2. The van der Waals surface area contributed by atoms with Gasteiger partial charge in [0, 0.05) is 13.0 Å². The standard InChI is InChI=1S/C42H82O9/c1-3-5-7-9-11-13-14-15-16-17-18-19-20-21-22-23-24-25-27-29-31-38(44)50-36(34-48-32-30-28-26-12-10-8-6-4-2)35-49-42-41(47)40(46)39(45)37(33-43)51-42/h36-37,39-43,45-47H,3-35H2,1-2H3. The molecule has 0 radical (unpaired) electrons. The van der Waals surface area contributed by atoms with Gasteiger partial charge in [-0.1, -0.05) is 181 Å². The van der Waals surface area contributed by atoms with Crippen molar-refractivity contribution in [2.45, 2.75) is 237 Å². The molecule has 0 aromatic heterocycles. The first-order chi connectivity index (χ1) is 24.9. The number of esters is 1. The summed E-state index contributed by atoms with van der Waals surface area (Å²) in [6.07, 6.45) is 28.6. The molecule has 0 saturated carbocycles. The summed E-state index contributed by atoms with van der Waals surface area (Å²) in [5, 5.41) is 39.9. The Morgan fingerprint density at radius 2 is 0.961 bits per heavy atom. The largest absolute Gasteiger partial charge is 0.457 e. The molecule has 1 rings (SSSR count). The highest BCUT2D eigenvalue weighted by Gasteiger charge is 2.44. The number of ether oxygens (including phenoxy) is 4.